The standard InChI is InChI=1S/C20H19F3N6O4S/c1-5-33-19(30)12-9-25-16-14(18(34(31,32)6-2)27-29(16)10(12)3)17-26-13-7-11(20(21,22)23)8-24-15(13)28(17)4/h7-9H,5-6H2,1-4H3. The Balaban J connectivity index is 2.06. The molecule has 0 saturated carbocycles. The molecule has 0 N–H and O–H groups in total. The second kappa shape index (κ2) is 8.04. The molecular formula is C20H19F3N6O4S. The number of carbonyl (C=O) groups is 1. The summed E-state index contributed by atoms with van der Waals surface area (Å²) >= 11 is 0. The molecular weight excluding hydrogens is 477 g/mol. The molecule has 180 valence electrons. The number of rotatable bonds is 5. The molecule has 0 saturated heterocycles. The van der Waals surface area contributed by atoms with E-state index < -0.39 is 27.5 Å². The number of carbonyl (C=O) groups excluding carboxylic acids is 1. The molecule has 0 bridgehead atoms. The second-order valence-corrected chi connectivity index (χ2v) is 9.55. The van der Waals surface area contributed by atoms with Gasteiger partial charge in [-0.25, -0.2) is 32.7 Å². The predicted octanol–water partition coefficient (Wildman–Crippen LogP) is 2.98. The first-order valence-electron chi connectivity index (χ1n) is 10.1. The van der Waals surface area contributed by atoms with Crippen LogP contribution in [0.4, 0.5) is 13.2 Å². The van der Waals surface area contributed by atoms with Crippen LogP contribution < -0.4 is 0 Å². The third kappa shape index (κ3) is 3.67. The highest BCUT2D eigenvalue weighted by Gasteiger charge is 2.33. The molecule has 0 radical (unpaired) electrons. The number of fused-ring (bicyclic) bond motifs is 2. The van der Waals surface area contributed by atoms with E-state index in [2.05, 4.69) is 20.1 Å². The average Bonchev–Trinajstić information content (AvgIpc) is 3.32. The first-order chi connectivity index (χ1) is 15.9. The van der Waals surface area contributed by atoms with Crippen LogP contribution in [0.1, 0.15) is 35.5 Å². The molecule has 0 aromatic carbocycles. The van der Waals surface area contributed by atoms with E-state index in [1.54, 1.807) is 13.8 Å². The summed E-state index contributed by atoms with van der Waals surface area (Å²) in [5.41, 5.74) is -0.530. The van der Waals surface area contributed by atoms with Crippen molar-refractivity contribution in [2.24, 2.45) is 7.05 Å². The molecule has 4 rings (SSSR count). The van der Waals surface area contributed by atoms with Crippen molar-refractivity contribution in [1.29, 1.82) is 0 Å². The number of nitrogens with zero attached hydrogens (tertiary/aromatic N) is 6. The van der Waals surface area contributed by atoms with Gasteiger partial charge in [-0.1, -0.05) is 6.92 Å². The molecule has 4 heterocycles. The average molecular weight is 496 g/mol. The molecule has 0 spiro atoms. The third-order valence-electron chi connectivity index (χ3n) is 5.28. The highest BCUT2D eigenvalue weighted by Crippen LogP contribution is 2.35. The molecule has 4 aromatic rings. The Hall–Kier alpha value is -3.55. The van der Waals surface area contributed by atoms with Crippen LogP contribution in [-0.4, -0.2) is 55.9 Å². The van der Waals surface area contributed by atoms with Crippen molar-refractivity contribution in [2.75, 3.05) is 12.4 Å². The molecule has 0 fully saturated rings. The minimum atomic E-state index is -4.62. The minimum absolute atomic E-state index is 0.00517. The van der Waals surface area contributed by atoms with Gasteiger partial charge in [0, 0.05) is 19.4 Å². The Morgan fingerprint density at radius 3 is 2.44 bits per heavy atom. The van der Waals surface area contributed by atoms with Crippen LogP contribution in [0.5, 0.6) is 0 Å². The van der Waals surface area contributed by atoms with Crippen molar-refractivity contribution in [2.45, 2.75) is 32.0 Å². The molecule has 34 heavy (non-hydrogen) atoms. The molecule has 0 aliphatic rings. The maximum atomic E-state index is 13.2. The van der Waals surface area contributed by atoms with E-state index in [1.807, 2.05) is 0 Å². The van der Waals surface area contributed by atoms with E-state index in [4.69, 9.17) is 4.74 Å². The van der Waals surface area contributed by atoms with Crippen LogP contribution in [0, 0.1) is 6.92 Å². The minimum Gasteiger partial charge on any atom is -0.462 e. The van der Waals surface area contributed by atoms with E-state index in [9.17, 15) is 26.4 Å². The number of esters is 1. The molecule has 14 heteroatoms. The van der Waals surface area contributed by atoms with Crippen LogP contribution in [-0.2, 0) is 27.8 Å². The maximum absolute atomic E-state index is 13.2. The second-order valence-electron chi connectivity index (χ2n) is 7.36. The van der Waals surface area contributed by atoms with Crippen molar-refractivity contribution in [3.8, 4) is 11.4 Å². The number of hydrogen-bond acceptors (Lipinski definition) is 8. The number of ether oxygens (including phenoxy) is 1. The van der Waals surface area contributed by atoms with Crippen LogP contribution >= 0.6 is 0 Å². The van der Waals surface area contributed by atoms with Gasteiger partial charge in [0.05, 0.1) is 29.2 Å². The highest BCUT2D eigenvalue weighted by atomic mass is 32.2. The van der Waals surface area contributed by atoms with Crippen molar-refractivity contribution in [1.82, 2.24) is 29.1 Å². The van der Waals surface area contributed by atoms with Crippen molar-refractivity contribution in [3.63, 3.8) is 0 Å². The zero-order valence-electron chi connectivity index (χ0n) is 18.5. The third-order valence-corrected chi connectivity index (χ3v) is 6.92. The van der Waals surface area contributed by atoms with Gasteiger partial charge in [-0.3, -0.25) is 0 Å². The molecule has 0 atom stereocenters. The first kappa shape index (κ1) is 23.6. The zero-order chi connectivity index (χ0) is 25.0. The Morgan fingerprint density at radius 1 is 1.15 bits per heavy atom. The van der Waals surface area contributed by atoms with Crippen molar-refractivity contribution >= 4 is 32.6 Å². The lowest BCUT2D eigenvalue weighted by atomic mass is 10.2. The SMILES string of the molecule is CCOC(=O)c1cnc2c(-c3nc4cc(C(F)(F)F)cnc4n3C)c(S(=O)(=O)CC)nn2c1C. The van der Waals surface area contributed by atoms with Gasteiger partial charge in [0.25, 0.3) is 0 Å². The van der Waals surface area contributed by atoms with Crippen LogP contribution in [0.15, 0.2) is 23.5 Å². The van der Waals surface area contributed by atoms with Crippen LogP contribution in [0.3, 0.4) is 0 Å². The number of sulfone groups is 1. The van der Waals surface area contributed by atoms with E-state index in [1.165, 1.54) is 29.3 Å². The fraction of sp³-hybridized carbons (Fsp3) is 0.350. The lowest BCUT2D eigenvalue weighted by Crippen LogP contribution is -2.11. The van der Waals surface area contributed by atoms with Gasteiger partial charge in [0.15, 0.2) is 26.2 Å². The summed E-state index contributed by atoms with van der Waals surface area (Å²) in [4.78, 5) is 24.6. The molecule has 0 unspecified atom stereocenters. The summed E-state index contributed by atoms with van der Waals surface area (Å²) in [7, 11) is -2.43. The number of aryl methyl sites for hydroxylation is 2. The lowest BCUT2D eigenvalue weighted by molar-refractivity contribution is -0.137. The summed E-state index contributed by atoms with van der Waals surface area (Å²) in [6.45, 7) is 4.75. The van der Waals surface area contributed by atoms with E-state index in [0.29, 0.717) is 6.20 Å². The number of pyridine rings is 1. The number of hydrogen-bond donors (Lipinski definition) is 0. The summed E-state index contributed by atoms with van der Waals surface area (Å²) in [6, 6.07) is 0.836. The molecule has 0 aliphatic heterocycles. The first-order valence-corrected chi connectivity index (χ1v) is 11.7. The Bertz CT molecular complexity index is 1560. The van der Waals surface area contributed by atoms with Gasteiger partial charge in [0.2, 0.25) is 0 Å². The fourth-order valence-corrected chi connectivity index (χ4v) is 4.46. The van der Waals surface area contributed by atoms with Gasteiger partial charge in [-0.05, 0) is 19.9 Å². The van der Waals surface area contributed by atoms with Gasteiger partial charge < -0.3 is 9.30 Å². The van der Waals surface area contributed by atoms with Gasteiger partial charge in [0.1, 0.15) is 16.9 Å². The summed E-state index contributed by atoms with van der Waals surface area (Å²) in [5.74, 6) is -0.939. The lowest BCUT2D eigenvalue weighted by Gasteiger charge is -2.07. The quantitative estimate of drug-likeness (QED) is 0.387. The van der Waals surface area contributed by atoms with E-state index in [-0.39, 0.29) is 56.8 Å². The van der Waals surface area contributed by atoms with E-state index in [0.717, 1.165) is 6.07 Å². The van der Waals surface area contributed by atoms with Crippen LogP contribution in [0.2, 0.25) is 0 Å². The van der Waals surface area contributed by atoms with Crippen LogP contribution in [0.25, 0.3) is 28.2 Å². The monoisotopic (exact) mass is 496 g/mol. The van der Waals surface area contributed by atoms with Gasteiger partial charge in [-0.15, -0.1) is 0 Å². The topological polar surface area (TPSA) is 121 Å². The highest BCUT2D eigenvalue weighted by molar-refractivity contribution is 7.91. The van der Waals surface area contributed by atoms with Crippen molar-refractivity contribution in [3.05, 3.63) is 35.3 Å². The maximum Gasteiger partial charge on any atom is 0.417 e. The predicted molar refractivity (Wildman–Crippen MR) is 114 cm³/mol. The molecule has 4 aromatic heterocycles. The van der Waals surface area contributed by atoms with Gasteiger partial charge in [-0.2, -0.15) is 18.3 Å². The Kier molecular flexibility index (Phi) is 5.58. The fourth-order valence-electron chi connectivity index (χ4n) is 3.49. The van der Waals surface area contributed by atoms with Gasteiger partial charge >= 0.3 is 12.1 Å². The van der Waals surface area contributed by atoms with E-state index >= 15 is 0 Å². The molecule has 0 aliphatic carbocycles. The summed E-state index contributed by atoms with van der Waals surface area (Å²) in [6.07, 6.45) is -2.71. The summed E-state index contributed by atoms with van der Waals surface area (Å²) in [5, 5.41) is 3.85. The smallest absolute Gasteiger partial charge is 0.417 e. The zero-order valence-corrected chi connectivity index (χ0v) is 19.3. The number of alkyl halides is 3. The Labute approximate surface area is 191 Å². The Morgan fingerprint density at radius 2 is 1.82 bits per heavy atom. The number of aromatic nitrogens is 6. The van der Waals surface area contributed by atoms with Crippen molar-refractivity contribution < 1.29 is 31.1 Å². The molecule has 0 amide bonds. The summed E-state index contributed by atoms with van der Waals surface area (Å²) < 4.78 is 72.9. The number of imidazole rings is 1. The molecule has 10 nitrogen and oxygen atoms in total. The normalized spacial score (nSPS) is 12.6. The largest absolute Gasteiger partial charge is 0.462 e. The number of halogens is 3.